The normalized spacial score (nSPS) is 14.1. The number of carbonyl (C=O) groups excluding carboxylic acids is 2. The van der Waals surface area contributed by atoms with E-state index in [2.05, 4.69) is 9.73 Å². The number of allylic oxidation sites excluding steroid dienone is 1. The van der Waals surface area contributed by atoms with Crippen LogP contribution in [0.1, 0.15) is 43.5 Å². The van der Waals surface area contributed by atoms with Gasteiger partial charge in [-0.25, -0.2) is 14.6 Å². The molecule has 0 aliphatic carbocycles. The van der Waals surface area contributed by atoms with Crippen LogP contribution in [0.25, 0.3) is 16.8 Å². The van der Waals surface area contributed by atoms with E-state index in [-0.39, 0.29) is 35.4 Å². The highest BCUT2D eigenvalue weighted by molar-refractivity contribution is 7.07. The van der Waals surface area contributed by atoms with Gasteiger partial charge < -0.3 is 23.7 Å². The highest BCUT2D eigenvalue weighted by Gasteiger charge is 2.34. The topological polar surface area (TPSA) is 115 Å². The average Bonchev–Trinajstić information content (AvgIpc) is 3.43. The van der Waals surface area contributed by atoms with Crippen LogP contribution in [0.15, 0.2) is 93.9 Å². The number of aromatic nitrogens is 1. The second kappa shape index (κ2) is 16.1. The SMILES string of the molecule is CCOC(=O)C1=C(C)N=c2s/c(=C\c3cc(Cl)c(OCc4cccc5ccccc45)c(Cl)c3)c(=O)n2[C@@H]1c1ccc(OCC(=O)OC)c(OCC)c1. The fourth-order valence-electron chi connectivity index (χ4n) is 5.91. The minimum atomic E-state index is -0.914. The molecule has 0 bridgehead atoms. The van der Waals surface area contributed by atoms with Gasteiger partial charge in [-0.05, 0) is 78.6 Å². The Labute approximate surface area is 313 Å². The lowest BCUT2D eigenvalue weighted by molar-refractivity contribution is -0.143. The first kappa shape index (κ1) is 36.7. The van der Waals surface area contributed by atoms with E-state index in [1.807, 2.05) is 42.5 Å². The maximum Gasteiger partial charge on any atom is 0.343 e. The Morgan fingerprint density at radius 2 is 1.67 bits per heavy atom. The summed E-state index contributed by atoms with van der Waals surface area (Å²) in [4.78, 5) is 44.4. The molecule has 0 spiro atoms. The second-order valence-electron chi connectivity index (χ2n) is 11.5. The first-order valence-electron chi connectivity index (χ1n) is 16.4. The highest BCUT2D eigenvalue weighted by Crippen LogP contribution is 2.37. The Kier molecular flexibility index (Phi) is 11.3. The first-order chi connectivity index (χ1) is 25.1. The van der Waals surface area contributed by atoms with E-state index in [4.69, 9.17) is 42.1 Å². The third kappa shape index (κ3) is 7.57. The molecule has 0 N–H and O–H groups in total. The number of thiazole rings is 1. The van der Waals surface area contributed by atoms with Gasteiger partial charge >= 0.3 is 11.9 Å². The summed E-state index contributed by atoms with van der Waals surface area (Å²) in [7, 11) is 1.26. The lowest BCUT2D eigenvalue weighted by Crippen LogP contribution is -2.40. The predicted octanol–water partition coefficient (Wildman–Crippen LogP) is 6.79. The van der Waals surface area contributed by atoms with Crippen LogP contribution < -0.4 is 29.1 Å². The number of halogens is 2. The molecule has 10 nitrogen and oxygen atoms in total. The summed E-state index contributed by atoms with van der Waals surface area (Å²) >= 11 is 14.6. The number of carbonyl (C=O) groups is 2. The van der Waals surface area contributed by atoms with Gasteiger partial charge in [0.05, 0.1) is 52.2 Å². The molecule has 13 heteroatoms. The van der Waals surface area contributed by atoms with Crippen molar-refractivity contribution in [1.29, 1.82) is 0 Å². The van der Waals surface area contributed by atoms with Crippen molar-refractivity contribution in [3.63, 3.8) is 0 Å². The average molecular weight is 762 g/mol. The van der Waals surface area contributed by atoms with Crippen LogP contribution in [0.3, 0.4) is 0 Å². The third-order valence-electron chi connectivity index (χ3n) is 8.24. The Morgan fingerprint density at radius 3 is 2.40 bits per heavy atom. The maximum absolute atomic E-state index is 14.2. The van der Waals surface area contributed by atoms with Crippen molar-refractivity contribution >= 4 is 63.3 Å². The number of esters is 2. The molecule has 6 rings (SSSR count). The number of hydrogen-bond donors (Lipinski definition) is 0. The molecule has 0 radical (unpaired) electrons. The van der Waals surface area contributed by atoms with Crippen LogP contribution >= 0.6 is 34.5 Å². The van der Waals surface area contributed by atoms with E-state index in [9.17, 15) is 14.4 Å². The molecular weight excluding hydrogens is 727 g/mol. The van der Waals surface area contributed by atoms with E-state index < -0.39 is 23.5 Å². The molecule has 1 aliphatic rings. The molecule has 1 aliphatic heterocycles. The van der Waals surface area contributed by atoms with Gasteiger partial charge in [-0.3, -0.25) is 9.36 Å². The Morgan fingerprint density at radius 1 is 0.923 bits per heavy atom. The van der Waals surface area contributed by atoms with Crippen molar-refractivity contribution in [3.8, 4) is 17.2 Å². The molecule has 52 heavy (non-hydrogen) atoms. The standard InChI is InChI=1S/C39H34Cl2N2O8S/c1-5-48-31-19-25(14-15-30(31)50-21-33(44)47-4)35-34(38(46)49-6-2)22(3)42-39-43(35)37(45)32(52-39)18-23-16-28(40)36(29(41)17-23)51-20-26-12-9-11-24-10-7-8-13-27(24)26/h7-19,35H,5-6,20-21H2,1-4H3/b32-18-/t35-/m1/s1. The number of fused-ring (bicyclic) bond motifs is 2. The minimum Gasteiger partial charge on any atom is -0.490 e. The van der Waals surface area contributed by atoms with Gasteiger partial charge in [0.1, 0.15) is 6.61 Å². The zero-order valence-corrected chi connectivity index (χ0v) is 31.1. The van der Waals surface area contributed by atoms with Crippen molar-refractivity contribution in [3.05, 3.63) is 130 Å². The number of nitrogens with zero attached hydrogens (tertiary/aromatic N) is 2. The molecule has 2 heterocycles. The molecule has 0 saturated carbocycles. The molecule has 5 aromatic rings. The Balaban J connectivity index is 1.38. The molecule has 4 aromatic carbocycles. The van der Waals surface area contributed by atoms with Crippen LogP contribution in [0, 0.1) is 0 Å². The molecule has 268 valence electrons. The smallest absolute Gasteiger partial charge is 0.343 e. The number of methoxy groups -OCH3 is 1. The quantitative estimate of drug-likeness (QED) is 0.128. The molecule has 0 saturated heterocycles. The van der Waals surface area contributed by atoms with Crippen LogP contribution in [0.4, 0.5) is 0 Å². The number of benzene rings is 4. The molecule has 0 fully saturated rings. The van der Waals surface area contributed by atoms with Gasteiger partial charge in [0, 0.05) is 0 Å². The summed E-state index contributed by atoms with van der Waals surface area (Å²) in [6, 6.07) is 21.5. The zero-order valence-electron chi connectivity index (χ0n) is 28.7. The van der Waals surface area contributed by atoms with E-state index in [1.54, 1.807) is 57.2 Å². The number of hydrogen-bond acceptors (Lipinski definition) is 10. The van der Waals surface area contributed by atoms with Gasteiger partial charge in [-0.15, -0.1) is 0 Å². The lowest BCUT2D eigenvalue weighted by atomic mass is 9.95. The van der Waals surface area contributed by atoms with Gasteiger partial charge in [-0.1, -0.05) is 83.1 Å². The summed E-state index contributed by atoms with van der Waals surface area (Å²) in [5.41, 5.74) is 2.30. The van der Waals surface area contributed by atoms with Crippen LogP contribution in [-0.4, -0.2) is 43.4 Å². The van der Waals surface area contributed by atoms with Crippen LogP contribution in [0.2, 0.25) is 10.0 Å². The lowest BCUT2D eigenvalue weighted by Gasteiger charge is -2.25. The molecular formula is C39H34Cl2N2O8S. The highest BCUT2D eigenvalue weighted by atomic mass is 35.5. The first-order valence-corrected chi connectivity index (χ1v) is 17.9. The van der Waals surface area contributed by atoms with E-state index in [0.29, 0.717) is 50.0 Å². The molecule has 0 amide bonds. The monoisotopic (exact) mass is 760 g/mol. The van der Waals surface area contributed by atoms with Crippen LogP contribution in [0.5, 0.6) is 17.2 Å². The number of rotatable bonds is 12. The third-order valence-corrected chi connectivity index (χ3v) is 9.79. The van der Waals surface area contributed by atoms with Crippen molar-refractivity contribution in [2.45, 2.75) is 33.4 Å². The van der Waals surface area contributed by atoms with Gasteiger partial charge in [0.2, 0.25) is 0 Å². The predicted molar refractivity (Wildman–Crippen MR) is 200 cm³/mol. The second-order valence-corrected chi connectivity index (χ2v) is 13.4. The fraction of sp³-hybridized carbons (Fsp3) is 0.231. The van der Waals surface area contributed by atoms with Gasteiger partial charge in [0.15, 0.2) is 28.7 Å². The summed E-state index contributed by atoms with van der Waals surface area (Å²) in [6.45, 7) is 5.54. The maximum atomic E-state index is 14.2. The van der Waals surface area contributed by atoms with E-state index >= 15 is 0 Å². The summed E-state index contributed by atoms with van der Waals surface area (Å²) in [5, 5.41) is 2.73. The van der Waals surface area contributed by atoms with Crippen molar-refractivity contribution in [2.24, 2.45) is 4.99 Å². The summed E-state index contributed by atoms with van der Waals surface area (Å²) < 4.78 is 29.5. The fourth-order valence-corrected chi connectivity index (χ4v) is 7.56. The van der Waals surface area contributed by atoms with Crippen LogP contribution in [-0.2, 0) is 25.7 Å². The number of ether oxygens (including phenoxy) is 5. The van der Waals surface area contributed by atoms with Crippen molar-refractivity contribution < 1.29 is 33.3 Å². The molecule has 0 unspecified atom stereocenters. The van der Waals surface area contributed by atoms with Crippen molar-refractivity contribution in [1.82, 2.24) is 4.57 Å². The molecule has 1 aromatic heterocycles. The summed E-state index contributed by atoms with van der Waals surface area (Å²) in [5.74, 6) is -0.234. The summed E-state index contributed by atoms with van der Waals surface area (Å²) in [6.07, 6.45) is 1.67. The van der Waals surface area contributed by atoms with E-state index in [0.717, 1.165) is 27.7 Å². The molecule has 1 atom stereocenters. The van der Waals surface area contributed by atoms with Gasteiger partial charge in [-0.2, -0.15) is 0 Å². The Hall–Kier alpha value is -5.10. The Bertz CT molecular complexity index is 2370. The minimum absolute atomic E-state index is 0.125. The largest absolute Gasteiger partial charge is 0.490 e. The van der Waals surface area contributed by atoms with E-state index in [1.165, 1.54) is 11.7 Å². The zero-order chi connectivity index (χ0) is 36.9. The van der Waals surface area contributed by atoms with Crippen molar-refractivity contribution in [2.75, 3.05) is 26.9 Å². The van der Waals surface area contributed by atoms with Gasteiger partial charge in [0.25, 0.3) is 5.56 Å².